The second kappa shape index (κ2) is 3.16. The summed E-state index contributed by atoms with van der Waals surface area (Å²) in [7, 11) is 0. The average Bonchev–Trinajstić information content (AvgIpc) is 2.44. The molecule has 0 aliphatic carbocycles. The van der Waals surface area contributed by atoms with Crippen LogP contribution in [-0.2, 0) is 17.8 Å². The first-order valence-corrected chi connectivity index (χ1v) is 4.37. The van der Waals surface area contributed by atoms with Crippen LogP contribution in [0.15, 0.2) is 6.33 Å². The third-order valence-corrected chi connectivity index (χ3v) is 2.48. The zero-order valence-electron chi connectivity index (χ0n) is 7.18. The largest absolute Gasteiger partial charge is 0.481 e. The van der Waals surface area contributed by atoms with Crippen molar-refractivity contribution in [2.75, 3.05) is 0 Å². The van der Waals surface area contributed by atoms with Crippen LogP contribution >= 0.6 is 0 Å². The SMILES string of the molecule is O=C(O)[C@H]1CCc2nncn2CC1. The van der Waals surface area contributed by atoms with Crippen molar-refractivity contribution in [2.24, 2.45) is 5.92 Å². The highest BCUT2D eigenvalue weighted by Gasteiger charge is 2.22. The molecule has 1 aromatic rings. The normalized spacial score (nSPS) is 22.0. The van der Waals surface area contributed by atoms with Gasteiger partial charge in [0.15, 0.2) is 0 Å². The lowest BCUT2D eigenvalue weighted by Gasteiger charge is -2.05. The maximum atomic E-state index is 10.7. The van der Waals surface area contributed by atoms with Gasteiger partial charge in [0.2, 0.25) is 0 Å². The van der Waals surface area contributed by atoms with Gasteiger partial charge in [-0.25, -0.2) is 0 Å². The number of fused-ring (bicyclic) bond motifs is 1. The smallest absolute Gasteiger partial charge is 0.306 e. The minimum Gasteiger partial charge on any atom is -0.481 e. The van der Waals surface area contributed by atoms with E-state index in [1.807, 2.05) is 4.57 Å². The van der Waals surface area contributed by atoms with Crippen LogP contribution in [0.25, 0.3) is 0 Å². The lowest BCUT2D eigenvalue weighted by Crippen LogP contribution is -2.14. The number of carboxylic acids is 1. The molecule has 2 rings (SSSR count). The number of carboxylic acid groups (broad SMARTS) is 1. The van der Waals surface area contributed by atoms with Gasteiger partial charge in [0, 0.05) is 13.0 Å². The van der Waals surface area contributed by atoms with Crippen molar-refractivity contribution in [3.05, 3.63) is 12.2 Å². The Labute approximate surface area is 75.4 Å². The van der Waals surface area contributed by atoms with Crippen LogP contribution in [0.1, 0.15) is 18.7 Å². The fourth-order valence-corrected chi connectivity index (χ4v) is 1.65. The summed E-state index contributed by atoms with van der Waals surface area (Å²) in [6.07, 6.45) is 3.74. The molecule has 1 aliphatic heterocycles. The molecule has 1 N–H and O–H groups in total. The molecule has 0 aromatic carbocycles. The molecule has 5 nitrogen and oxygen atoms in total. The fourth-order valence-electron chi connectivity index (χ4n) is 1.65. The molecule has 70 valence electrons. The zero-order chi connectivity index (χ0) is 9.26. The van der Waals surface area contributed by atoms with Crippen molar-refractivity contribution >= 4 is 5.97 Å². The summed E-state index contributed by atoms with van der Waals surface area (Å²) in [5, 5.41) is 16.5. The van der Waals surface area contributed by atoms with Crippen LogP contribution in [-0.4, -0.2) is 25.8 Å². The second-order valence-corrected chi connectivity index (χ2v) is 3.30. The molecule has 1 aliphatic rings. The number of carbonyl (C=O) groups is 1. The average molecular weight is 181 g/mol. The molecule has 0 spiro atoms. The van der Waals surface area contributed by atoms with Crippen LogP contribution in [0.2, 0.25) is 0 Å². The number of rotatable bonds is 1. The van der Waals surface area contributed by atoms with Gasteiger partial charge in [0.25, 0.3) is 0 Å². The van der Waals surface area contributed by atoms with E-state index in [-0.39, 0.29) is 5.92 Å². The highest BCUT2D eigenvalue weighted by atomic mass is 16.4. The van der Waals surface area contributed by atoms with Gasteiger partial charge < -0.3 is 9.67 Å². The Balaban J connectivity index is 2.12. The molecule has 1 aromatic heterocycles. The number of aryl methyl sites for hydroxylation is 2. The molecule has 0 radical (unpaired) electrons. The molecule has 13 heavy (non-hydrogen) atoms. The van der Waals surface area contributed by atoms with E-state index in [1.165, 1.54) is 0 Å². The first-order valence-electron chi connectivity index (χ1n) is 4.37. The third kappa shape index (κ3) is 1.54. The summed E-state index contributed by atoms with van der Waals surface area (Å²) >= 11 is 0. The summed E-state index contributed by atoms with van der Waals surface area (Å²) < 4.78 is 1.93. The number of hydrogen-bond acceptors (Lipinski definition) is 3. The van der Waals surface area contributed by atoms with Crippen molar-refractivity contribution < 1.29 is 9.90 Å². The van der Waals surface area contributed by atoms with Crippen molar-refractivity contribution in [1.29, 1.82) is 0 Å². The Kier molecular flexibility index (Phi) is 2.00. The number of hydrogen-bond donors (Lipinski definition) is 1. The van der Waals surface area contributed by atoms with Gasteiger partial charge in [-0.2, -0.15) is 0 Å². The number of aromatic nitrogens is 3. The molecular formula is C8H11N3O2. The Morgan fingerprint density at radius 3 is 3.23 bits per heavy atom. The van der Waals surface area contributed by atoms with Crippen molar-refractivity contribution in [3.8, 4) is 0 Å². The molecule has 0 unspecified atom stereocenters. The minimum atomic E-state index is -0.696. The van der Waals surface area contributed by atoms with E-state index in [4.69, 9.17) is 5.11 Å². The Hall–Kier alpha value is -1.39. The van der Waals surface area contributed by atoms with Gasteiger partial charge in [-0.05, 0) is 12.8 Å². The molecule has 0 amide bonds. The first-order chi connectivity index (χ1) is 6.27. The van der Waals surface area contributed by atoms with E-state index in [1.54, 1.807) is 6.33 Å². The molecule has 0 bridgehead atoms. The first kappa shape index (κ1) is 8.22. The maximum absolute atomic E-state index is 10.7. The van der Waals surface area contributed by atoms with Crippen molar-refractivity contribution in [1.82, 2.24) is 14.8 Å². The number of nitrogens with zero attached hydrogens (tertiary/aromatic N) is 3. The fraction of sp³-hybridized carbons (Fsp3) is 0.625. The van der Waals surface area contributed by atoms with Gasteiger partial charge in [-0.15, -0.1) is 10.2 Å². The molecule has 0 saturated carbocycles. The van der Waals surface area contributed by atoms with Crippen LogP contribution in [0.3, 0.4) is 0 Å². The summed E-state index contributed by atoms with van der Waals surface area (Å²) in [5.41, 5.74) is 0. The summed E-state index contributed by atoms with van der Waals surface area (Å²) in [6.45, 7) is 0.722. The van der Waals surface area contributed by atoms with Crippen LogP contribution in [0.4, 0.5) is 0 Å². The summed E-state index contributed by atoms with van der Waals surface area (Å²) in [6, 6.07) is 0. The van der Waals surface area contributed by atoms with E-state index >= 15 is 0 Å². The third-order valence-electron chi connectivity index (χ3n) is 2.48. The Morgan fingerprint density at radius 1 is 1.62 bits per heavy atom. The molecular weight excluding hydrogens is 170 g/mol. The van der Waals surface area contributed by atoms with E-state index < -0.39 is 5.97 Å². The highest BCUT2D eigenvalue weighted by Crippen LogP contribution is 2.18. The lowest BCUT2D eigenvalue weighted by molar-refractivity contribution is -0.142. The summed E-state index contributed by atoms with van der Waals surface area (Å²) in [4.78, 5) is 10.7. The second-order valence-electron chi connectivity index (χ2n) is 3.30. The van der Waals surface area contributed by atoms with E-state index in [0.717, 1.165) is 18.8 Å². The zero-order valence-corrected chi connectivity index (χ0v) is 7.18. The molecule has 5 heteroatoms. The van der Waals surface area contributed by atoms with E-state index in [9.17, 15) is 4.79 Å². The Morgan fingerprint density at radius 2 is 2.46 bits per heavy atom. The molecule has 2 heterocycles. The quantitative estimate of drug-likeness (QED) is 0.677. The van der Waals surface area contributed by atoms with Gasteiger partial charge >= 0.3 is 5.97 Å². The van der Waals surface area contributed by atoms with Crippen LogP contribution in [0.5, 0.6) is 0 Å². The molecule has 0 fully saturated rings. The van der Waals surface area contributed by atoms with Crippen LogP contribution < -0.4 is 0 Å². The van der Waals surface area contributed by atoms with E-state index in [0.29, 0.717) is 12.8 Å². The van der Waals surface area contributed by atoms with E-state index in [2.05, 4.69) is 10.2 Å². The van der Waals surface area contributed by atoms with Crippen molar-refractivity contribution in [3.63, 3.8) is 0 Å². The monoisotopic (exact) mass is 181 g/mol. The standard InChI is InChI=1S/C8H11N3O2/c12-8(13)6-1-2-7-10-9-5-11(7)4-3-6/h5-6H,1-4H2,(H,12,13)/t6-/m0/s1. The predicted molar refractivity (Wildman–Crippen MR) is 44.1 cm³/mol. The number of aliphatic carboxylic acids is 1. The molecule has 0 saturated heterocycles. The van der Waals surface area contributed by atoms with Gasteiger partial charge in [-0.3, -0.25) is 4.79 Å². The van der Waals surface area contributed by atoms with Gasteiger partial charge in [0.05, 0.1) is 5.92 Å². The molecule has 1 atom stereocenters. The van der Waals surface area contributed by atoms with Gasteiger partial charge in [-0.1, -0.05) is 0 Å². The Bertz CT molecular complexity index is 298. The lowest BCUT2D eigenvalue weighted by atomic mass is 10.0. The summed E-state index contributed by atoms with van der Waals surface area (Å²) in [5.74, 6) is -0.0100. The highest BCUT2D eigenvalue weighted by molar-refractivity contribution is 5.69. The predicted octanol–water partition coefficient (Wildman–Crippen LogP) is 0.315. The maximum Gasteiger partial charge on any atom is 0.306 e. The van der Waals surface area contributed by atoms with Crippen molar-refractivity contribution in [2.45, 2.75) is 25.8 Å². The van der Waals surface area contributed by atoms with Crippen LogP contribution in [0, 0.1) is 5.92 Å². The van der Waals surface area contributed by atoms with Gasteiger partial charge in [0.1, 0.15) is 12.2 Å². The minimum absolute atomic E-state index is 0.221. The topological polar surface area (TPSA) is 68.0 Å².